The number of benzene rings is 1. The van der Waals surface area contributed by atoms with Crippen LogP contribution in [0.15, 0.2) is 47.5 Å². The number of hydrazine groups is 1. The summed E-state index contributed by atoms with van der Waals surface area (Å²) in [7, 11) is 0. The molecule has 1 aliphatic rings. The fraction of sp³-hybridized carbons (Fsp3) is 0.360. The third kappa shape index (κ3) is 6.10. The Balaban J connectivity index is 1.46. The van der Waals surface area contributed by atoms with Crippen molar-refractivity contribution in [3.63, 3.8) is 0 Å². The van der Waals surface area contributed by atoms with Crippen molar-refractivity contribution in [3.8, 4) is 11.1 Å². The molecule has 2 aromatic heterocycles. The van der Waals surface area contributed by atoms with Crippen LogP contribution >= 0.6 is 0 Å². The Labute approximate surface area is 203 Å². The molecule has 1 aromatic carbocycles. The number of H-pyrrole nitrogens is 1. The fourth-order valence-corrected chi connectivity index (χ4v) is 4.16. The molecule has 0 radical (unpaired) electrons. The number of allylic oxidation sites excluding steroid dienone is 2. The van der Waals surface area contributed by atoms with Crippen LogP contribution in [0.2, 0.25) is 0 Å². The number of imidazole rings is 1. The summed E-state index contributed by atoms with van der Waals surface area (Å²) < 4.78 is 1.83. The minimum atomic E-state index is -0.194. The van der Waals surface area contributed by atoms with E-state index in [1.165, 1.54) is 0 Å². The summed E-state index contributed by atoms with van der Waals surface area (Å²) in [5.41, 5.74) is 14.9. The summed E-state index contributed by atoms with van der Waals surface area (Å²) in [6.45, 7) is 2.38. The van der Waals surface area contributed by atoms with Crippen molar-refractivity contribution < 1.29 is 9.59 Å². The van der Waals surface area contributed by atoms with Gasteiger partial charge < -0.3 is 15.8 Å². The Morgan fingerprint density at radius 2 is 2.09 bits per heavy atom. The maximum atomic E-state index is 12.8. The maximum absolute atomic E-state index is 12.8. The molecule has 35 heavy (non-hydrogen) atoms. The van der Waals surface area contributed by atoms with Crippen molar-refractivity contribution in [1.82, 2.24) is 30.5 Å². The number of aldehydes is 1. The zero-order chi connectivity index (χ0) is 24.6. The zero-order valence-electron chi connectivity index (χ0n) is 19.5. The minimum absolute atomic E-state index is 0.0809. The van der Waals surface area contributed by atoms with Gasteiger partial charge in [0.1, 0.15) is 6.29 Å². The lowest BCUT2D eigenvalue weighted by Crippen LogP contribution is -2.42. The van der Waals surface area contributed by atoms with Crippen molar-refractivity contribution in [2.75, 3.05) is 19.6 Å². The molecule has 1 aliphatic carbocycles. The van der Waals surface area contributed by atoms with E-state index in [2.05, 4.69) is 26.1 Å². The molecular weight excluding hydrogens is 446 g/mol. The first-order valence-corrected chi connectivity index (χ1v) is 11.9. The summed E-state index contributed by atoms with van der Waals surface area (Å²) >= 11 is 0. The molecule has 0 saturated heterocycles. The summed E-state index contributed by atoms with van der Waals surface area (Å²) in [6, 6.07) is 7.93. The number of nitrogens with two attached hydrogens (primary N) is 1. The molecule has 1 atom stereocenters. The zero-order valence-corrected chi connectivity index (χ0v) is 19.5. The van der Waals surface area contributed by atoms with Crippen LogP contribution in [0.4, 0.5) is 0 Å². The molecule has 1 amide bonds. The average Bonchev–Trinajstić information content (AvgIpc) is 3.29. The van der Waals surface area contributed by atoms with Gasteiger partial charge in [0.05, 0.1) is 17.8 Å². The second-order valence-corrected chi connectivity index (χ2v) is 8.61. The second kappa shape index (κ2) is 11.7. The molecule has 10 heteroatoms. The van der Waals surface area contributed by atoms with Crippen molar-refractivity contribution in [2.24, 2.45) is 11.7 Å². The van der Waals surface area contributed by atoms with Crippen LogP contribution in [0.1, 0.15) is 36.9 Å². The van der Waals surface area contributed by atoms with Crippen molar-refractivity contribution >= 4 is 23.5 Å². The minimum Gasteiger partial charge on any atom is -0.330 e. The van der Waals surface area contributed by atoms with Crippen LogP contribution in [0.3, 0.4) is 0 Å². The molecule has 1 unspecified atom stereocenters. The smallest absolute Gasteiger partial charge is 0.260 e. The van der Waals surface area contributed by atoms with Crippen molar-refractivity contribution in [1.29, 1.82) is 0 Å². The molecule has 2 heterocycles. The van der Waals surface area contributed by atoms with E-state index < -0.39 is 0 Å². The van der Waals surface area contributed by atoms with Gasteiger partial charge in [0.25, 0.3) is 5.56 Å². The van der Waals surface area contributed by atoms with E-state index in [4.69, 9.17) is 5.73 Å². The Morgan fingerprint density at radius 3 is 2.80 bits per heavy atom. The molecular formula is C25H31N7O3. The molecule has 0 aliphatic heterocycles. The quantitative estimate of drug-likeness (QED) is 0.158. The second-order valence-electron chi connectivity index (χ2n) is 8.61. The van der Waals surface area contributed by atoms with Crippen LogP contribution in [0.25, 0.3) is 22.5 Å². The van der Waals surface area contributed by atoms with Gasteiger partial charge in [-0.15, -0.1) is 0 Å². The number of rotatable bonds is 11. The van der Waals surface area contributed by atoms with E-state index in [0.29, 0.717) is 43.4 Å². The van der Waals surface area contributed by atoms with E-state index >= 15 is 0 Å². The summed E-state index contributed by atoms with van der Waals surface area (Å²) in [5.74, 6) is 0.206. The summed E-state index contributed by atoms with van der Waals surface area (Å²) in [5, 5.41) is 3.35. The highest BCUT2D eigenvalue weighted by Crippen LogP contribution is 2.30. The van der Waals surface area contributed by atoms with E-state index in [0.717, 1.165) is 41.9 Å². The van der Waals surface area contributed by atoms with E-state index in [-0.39, 0.29) is 23.9 Å². The van der Waals surface area contributed by atoms with Crippen LogP contribution in [0, 0.1) is 5.92 Å². The van der Waals surface area contributed by atoms with Gasteiger partial charge in [-0.05, 0) is 55.5 Å². The maximum Gasteiger partial charge on any atom is 0.260 e. The normalized spacial score (nSPS) is 15.7. The highest BCUT2D eigenvalue weighted by Gasteiger charge is 2.23. The van der Waals surface area contributed by atoms with Gasteiger partial charge in [0, 0.05) is 24.9 Å². The molecule has 0 fully saturated rings. The van der Waals surface area contributed by atoms with Crippen LogP contribution in [-0.2, 0) is 16.1 Å². The van der Waals surface area contributed by atoms with Gasteiger partial charge in [0.15, 0.2) is 0 Å². The lowest BCUT2D eigenvalue weighted by atomic mass is 9.88. The Hall–Kier alpha value is -3.60. The molecule has 3 aromatic rings. The fourth-order valence-electron chi connectivity index (χ4n) is 4.16. The number of amides is 1. The molecule has 0 bridgehead atoms. The third-order valence-electron chi connectivity index (χ3n) is 6.13. The van der Waals surface area contributed by atoms with Gasteiger partial charge in [-0.1, -0.05) is 30.3 Å². The number of carbonyl (C=O) groups excluding carboxylic acids is 2. The Bertz CT molecular complexity index is 1260. The van der Waals surface area contributed by atoms with Crippen LogP contribution in [0.5, 0.6) is 0 Å². The highest BCUT2D eigenvalue weighted by atomic mass is 16.2. The summed E-state index contributed by atoms with van der Waals surface area (Å²) in [4.78, 5) is 42.8. The topological polar surface area (TPSA) is 146 Å². The number of fused-ring (bicyclic) bond motifs is 1. The first kappa shape index (κ1) is 24.5. The van der Waals surface area contributed by atoms with Crippen molar-refractivity contribution in [3.05, 3.63) is 64.3 Å². The Kier molecular flexibility index (Phi) is 8.19. The van der Waals surface area contributed by atoms with Gasteiger partial charge >= 0.3 is 0 Å². The molecule has 6 N–H and O–H groups in total. The third-order valence-corrected chi connectivity index (χ3v) is 6.13. The lowest BCUT2D eigenvalue weighted by Gasteiger charge is -2.20. The van der Waals surface area contributed by atoms with Gasteiger partial charge in [0.2, 0.25) is 11.7 Å². The highest BCUT2D eigenvalue weighted by molar-refractivity contribution is 5.80. The molecule has 10 nitrogen and oxygen atoms in total. The standard InChI is InChI=1S/C25H31N7O3/c26-10-1-11-27-14-17-2-4-18(5-3-17)21-15-32-16-22(29-25(32)30-24(21)35)19-6-8-20(9-7-19)23(34)31-28-12-13-33/h2-6,13,15-16,20,27-28H,1,7-12,14,26H2,(H,31,34)(H,29,30,35). The molecule has 0 saturated carbocycles. The lowest BCUT2D eigenvalue weighted by molar-refractivity contribution is -0.126. The number of hydrogen-bond donors (Lipinski definition) is 5. The van der Waals surface area contributed by atoms with E-state index in [1.807, 2.05) is 40.9 Å². The van der Waals surface area contributed by atoms with E-state index in [9.17, 15) is 14.4 Å². The number of aromatic amines is 1. The molecule has 184 valence electrons. The van der Waals surface area contributed by atoms with Gasteiger partial charge in [-0.25, -0.2) is 10.4 Å². The largest absolute Gasteiger partial charge is 0.330 e. The number of aromatic nitrogens is 3. The average molecular weight is 478 g/mol. The summed E-state index contributed by atoms with van der Waals surface area (Å²) in [6.07, 6.45) is 9.34. The van der Waals surface area contributed by atoms with Crippen LogP contribution < -0.4 is 27.5 Å². The van der Waals surface area contributed by atoms with Crippen LogP contribution in [-0.4, -0.2) is 46.2 Å². The van der Waals surface area contributed by atoms with Gasteiger partial charge in [-0.3, -0.25) is 24.4 Å². The predicted octanol–water partition coefficient (Wildman–Crippen LogP) is 1.13. The predicted molar refractivity (Wildman–Crippen MR) is 134 cm³/mol. The number of nitrogens with one attached hydrogen (secondary N) is 4. The first-order valence-electron chi connectivity index (χ1n) is 11.9. The van der Waals surface area contributed by atoms with Crippen molar-refractivity contribution in [2.45, 2.75) is 32.2 Å². The number of nitrogens with zero attached hydrogens (tertiary/aromatic N) is 2. The van der Waals surface area contributed by atoms with E-state index in [1.54, 1.807) is 6.20 Å². The molecule has 0 spiro atoms. The SMILES string of the molecule is NCCCNCc1ccc(-c2cn3cc(C4=CCC(C(=O)NNCC=O)CC4)nc3[nH]c2=O)cc1. The first-order chi connectivity index (χ1) is 17.1. The van der Waals surface area contributed by atoms with Gasteiger partial charge in [-0.2, -0.15) is 0 Å². The molecule has 4 rings (SSSR count). The number of carbonyl (C=O) groups is 2. The monoisotopic (exact) mass is 477 g/mol. The number of hydrogen-bond acceptors (Lipinski definition) is 7. The Morgan fingerprint density at radius 1 is 1.26 bits per heavy atom.